The van der Waals surface area contributed by atoms with Crippen molar-refractivity contribution in [2.45, 2.75) is 20.3 Å². The van der Waals surface area contributed by atoms with Crippen molar-refractivity contribution in [3.63, 3.8) is 0 Å². The number of carbonyl (C=O) groups is 3. The highest BCUT2D eigenvalue weighted by molar-refractivity contribution is 6.30. The molecule has 0 atom stereocenters. The predicted molar refractivity (Wildman–Crippen MR) is 98.1 cm³/mol. The lowest BCUT2D eigenvalue weighted by atomic mass is 10.1. The summed E-state index contributed by atoms with van der Waals surface area (Å²) < 4.78 is 0. The van der Waals surface area contributed by atoms with E-state index in [1.807, 2.05) is 31.3 Å². The van der Waals surface area contributed by atoms with Crippen LogP contribution in [-0.4, -0.2) is 55.3 Å². The van der Waals surface area contributed by atoms with E-state index in [4.69, 9.17) is 0 Å². The Hall–Kier alpha value is -2.63. The molecule has 1 aromatic carbocycles. The fraction of sp³-hybridized carbons (Fsp3) is 0.421. The molecule has 0 radical (unpaired) electrons. The Balaban J connectivity index is 2.19. The van der Waals surface area contributed by atoms with Crippen LogP contribution in [0, 0.1) is 5.92 Å². The van der Waals surface area contributed by atoms with E-state index >= 15 is 0 Å². The molecule has 1 heterocycles. The lowest BCUT2D eigenvalue weighted by Gasteiger charge is -2.28. The third-order valence-corrected chi connectivity index (χ3v) is 4.33. The van der Waals surface area contributed by atoms with Gasteiger partial charge in [-0.1, -0.05) is 26.0 Å². The van der Waals surface area contributed by atoms with Gasteiger partial charge in [0.2, 0.25) is 0 Å². The number of hydrogen-bond donors (Lipinski definition) is 0. The lowest BCUT2D eigenvalue weighted by molar-refractivity contribution is -0.134. The molecule has 134 valence electrons. The molecule has 2 rings (SSSR count). The highest BCUT2D eigenvalue weighted by Gasteiger charge is 2.37. The first kappa shape index (κ1) is 18.7. The van der Waals surface area contributed by atoms with Crippen LogP contribution in [0.3, 0.4) is 0 Å². The van der Waals surface area contributed by atoms with Crippen LogP contribution in [0.4, 0.5) is 10.5 Å². The van der Waals surface area contributed by atoms with Crippen molar-refractivity contribution in [1.29, 1.82) is 0 Å². The predicted octanol–water partition coefficient (Wildman–Crippen LogP) is 2.60. The molecule has 0 bridgehead atoms. The molecule has 1 aromatic rings. The Morgan fingerprint density at radius 3 is 2.00 bits per heavy atom. The van der Waals surface area contributed by atoms with Gasteiger partial charge in [0.1, 0.15) is 5.57 Å². The van der Waals surface area contributed by atoms with E-state index in [1.54, 1.807) is 0 Å². The van der Waals surface area contributed by atoms with Gasteiger partial charge in [-0.3, -0.25) is 19.4 Å². The molecule has 0 aliphatic carbocycles. The fourth-order valence-corrected chi connectivity index (χ4v) is 2.55. The lowest BCUT2D eigenvalue weighted by Crippen LogP contribution is -2.52. The van der Waals surface area contributed by atoms with Gasteiger partial charge in [0.15, 0.2) is 0 Å². The zero-order valence-corrected chi connectivity index (χ0v) is 15.4. The SMILES string of the molecule is CC(C)CCN(C)c1ccc(C=C2C(=O)N(C)C(=O)N(C)C2=O)cc1. The average molecular weight is 343 g/mol. The van der Waals surface area contributed by atoms with Crippen LogP contribution in [0.2, 0.25) is 0 Å². The molecule has 1 saturated heterocycles. The second-order valence-corrected chi connectivity index (χ2v) is 6.76. The number of imide groups is 2. The highest BCUT2D eigenvalue weighted by Crippen LogP contribution is 2.20. The van der Waals surface area contributed by atoms with E-state index in [9.17, 15) is 14.4 Å². The van der Waals surface area contributed by atoms with Crippen LogP contribution in [0.25, 0.3) is 6.08 Å². The third kappa shape index (κ3) is 4.07. The molecule has 0 N–H and O–H groups in total. The molecule has 0 aromatic heterocycles. The normalized spacial score (nSPS) is 15.3. The summed E-state index contributed by atoms with van der Waals surface area (Å²) in [7, 11) is 4.78. The van der Waals surface area contributed by atoms with Gasteiger partial charge >= 0.3 is 6.03 Å². The molecule has 0 saturated carbocycles. The third-order valence-electron chi connectivity index (χ3n) is 4.33. The van der Waals surface area contributed by atoms with Crippen LogP contribution < -0.4 is 4.90 Å². The van der Waals surface area contributed by atoms with Crippen molar-refractivity contribution in [2.75, 3.05) is 32.6 Å². The zero-order chi connectivity index (χ0) is 18.7. The monoisotopic (exact) mass is 343 g/mol. The fourth-order valence-electron chi connectivity index (χ4n) is 2.55. The van der Waals surface area contributed by atoms with Crippen molar-refractivity contribution < 1.29 is 14.4 Å². The summed E-state index contributed by atoms with van der Waals surface area (Å²) >= 11 is 0. The largest absolute Gasteiger partial charge is 0.375 e. The summed E-state index contributed by atoms with van der Waals surface area (Å²) in [6, 6.07) is 7.04. The standard InChI is InChI=1S/C19H25N3O3/c1-13(2)10-11-20(3)15-8-6-14(7-9-15)12-16-17(23)21(4)19(25)22(5)18(16)24/h6-9,12-13H,10-11H2,1-5H3. The van der Waals surface area contributed by atoms with Gasteiger partial charge in [-0.25, -0.2) is 4.79 Å². The second-order valence-electron chi connectivity index (χ2n) is 6.76. The summed E-state index contributed by atoms with van der Waals surface area (Å²) in [5, 5.41) is 0. The van der Waals surface area contributed by atoms with Gasteiger partial charge in [-0.15, -0.1) is 0 Å². The summed E-state index contributed by atoms with van der Waals surface area (Å²) in [6.45, 7) is 5.35. The molecule has 0 unspecified atom stereocenters. The molecule has 1 aliphatic heterocycles. The van der Waals surface area contributed by atoms with Crippen molar-refractivity contribution in [3.8, 4) is 0 Å². The maximum Gasteiger partial charge on any atom is 0.333 e. The number of benzene rings is 1. The van der Waals surface area contributed by atoms with Gasteiger partial charge in [-0.2, -0.15) is 0 Å². The topological polar surface area (TPSA) is 60.9 Å². The van der Waals surface area contributed by atoms with Crippen LogP contribution >= 0.6 is 0 Å². The molecule has 0 spiro atoms. The number of urea groups is 1. The van der Waals surface area contributed by atoms with Crippen molar-refractivity contribution >= 4 is 29.6 Å². The van der Waals surface area contributed by atoms with E-state index < -0.39 is 17.8 Å². The van der Waals surface area contributed by atoms with Crippen molar-refractivity contribution in [3.05, 3.63) is 35.4 Å². The summed E-state index contributed by atoms with van der Waals surface area (Å²) in [5.41, 5.74) is 1.81. The zero-order valence-electron chi connectivity index (χ0n) is 15.4. The number of amides is 4. The first-order valence-corrected chi connectivity index (χ1v) is 8.35. The quantitative estimate of drug-likeness (QED) is 0.609. The van der Waals surface area contributed by atoms with Gasteiger partial charge in [-0.05, 0) is 36.1 Å². The number of barbiturate groups is 1. The van der Waals surface area contributed by atoms with E-state index in [2.05, 4.69) is 18.7 Å². The Morgan fingerprint density at radius 1 is 1.00 bits per heavy atom. The molecule has 1 fully saturated rings. The van der Waals surface area contributed by atoms with Crippen molar-refractivity contribution in [1.82, 2.24) is 9.80 Å². The van der Waals surface area contributed by atoms with E-state index in [-0.39, 0.29) is 5.57 Å². The molecule has 6 nitrogen and oxygen atoms in total. The van der Waals surface area contributed by atoms with Crippen LogP contribution in [-0.2, 0) is 9.59 Å². The number of anilines is 1. The molecule has 4 amide bonds. The maximum atomic E-state index is 12.2. The minimum absolute atomic E-state index is 0.00878. The average Bonchev–Trinajstić information content (AvgIpc) is 2.60. The van der Waals surface area contributed by atoms with Crippen LogP contribution in [0.15, 0.2) is 29.8 Å². The van der Waals surface area contributed by atoms with E-state index in [1.165, 1.54) is 20.2 Å². The van der Waals surface area contributed by atoms with Gasteiger partial charge in [0.25, 0.3) is 11.8 Å². The Morgan fingerprint density at radius 2 is 1.52 bits per heavy atom. The number of hydrogen-bond acceptors (Lipinski definition) is 4. The van der Waals surface area contributed by atoms with E-state index in [0.29, 0.717) is 5.92 Å². The van der Waals surface area contributed by atoms with Gasteiger partial charge < -0.3 is 4.90 Å². The molecular formula is C19H25N3O3. The highest BCUT2D eigenvalue weighted by atomic mass is 16.2. The molecule has 25 heavy (non-hydrogen) atoms. The molecule has 1 aliphatic rings. The first-order chi connectivity index (χ1) is 11.7. The second kappa shape index (κ2) is 7.51. The number of nitrogens with zero attached hydrogens (tertiary/aromatic N) is 3. The number of carbonyl (C=O) groups excluding carboxylic acids is 3. The summed E-state index contributed by atoms with van der Waals surface area (Å²) in [6.07, 6.45) is 2.64. The molecule has 6 heteroatoms. The smallest absolute Gasteiger partial charge is 0.333 e. The van der Waals surface area contributed by atoms with Crippen LogP contribution in [0.5, 0.6) is 0 Å². The van der Waals surface area contributed by atoms with Gasteiger partial charge in [0.05, 0.1) is 0 Å². The Kier molecular flexibility index (Phi) is 5.62. The summed E-state index contributed by atoms with van der Waals surface area (Å²) in [5.74, 6) is -0.510. The van der Waals surface area contributed by atoms with E-state index in [0.717, 1.165) is 34.0 Å². The maximum absolute atomic E-state index is 12.2. The first-order valence-electron chi connectivity index (χ1n) is 8.35. The Bertz CT molecular complexity index is 681. The molecular weight excluding hydrogens is 318 g/mol. The Labute approximate surface area is 148 Å². The minimum Gasteiger partial charge on any atom is -0.375 e. The minimum atomic E-state index is -0.616. The number of rotatable bonds is 5. The summed E-state index contributed by atoms with van der Waals surface area (Å²) in [4.78, 5) is 40.2. The van der Waals surface area contributed by atoms with Gasteiger partial charge in [0, 0.05) is 33.4 Å². The van der Waals surface area contributed by atoms with Crippen LogP contribution in [0.1, 0.15) is 25.8 Å². The van der Waals surface area contributed by atoms with Crippen molar-refractivity contribution in [2.24, 2.45) is 5.92 Å². The number of likely N-dealkylation sites (N-methyl/N-ethyl adjacent to an activating group) is 2.